The summed E-state index contributed by atoms with van der Waals surface area (Å²) in [6, 6.07) is 7.93. The molecule has 0 radical (unpaired) electrons. The predicted molar refractivity (Wildman–Crippen MR) is 77.6 cm³/mol. The fourth-order valence-corrected chi connectivity index (χ4v) is 2.88. The first-order valence-electron chi connectivity index (χ1n) is 6.38. The van der Waals surface area contributed by atoms with E-state index in [2.05, 4.69) is 39.1 Å². The van der Waals surface area contributed by atoms with Crippen molar-refractivity contribution in [1.29, 1.82) is 5.26 Å². The van der Waals surface area contributed by atoms with E-state index in [1.54, 1.807) is 0 Å². The molecule has 1 saturated heterocycles. The van der Waals surface area contributed by atoms with Gasteiger partial charge in [0, 0.05) is 23.2 Å². The fourth-order valence-electron chi connectivity index (χ4n) is 2.39. The summed E-state index contributed by atoms with van der Waals surface area (Å²) in [5.41, 5.74) is 1.71. The second-order valence-corrected chi connectivity index (χ2v) is 5.68. The molecule has 0 aliphatic carbocycles. The van der Waals surface area contributed by atoms with Crippen LogP contribution in [0.5, 0.6) is 0 Å². The molecule has 0 aromatic heterocycles. The summed E-state index contributed by atoms with van der Waals surface area (Å²) in [7, 11) is 0. The normalized spacial score (nSPS) is 19.7. The number of benzene rings is 1. The van der Waals surface area contributed by atoms with Crippen molar-refractivity contribution >= 4 is 21.6 Å². The average Bonchev–Trinajstić information content (AvgIpc) is 2.83. The van der Waals surface area contributed by atoms with Crippen LogP contribution in [0.3, 0.4) is 0 Å². The van der Waals surface area contributed by atoms with Gasteiger partial charge in [0.1, 0.15) is 0 Å². The van der Waals surface area contributed by atoms with Crippen LogP contribution in [0.1, 0.15) is 18.9 Å². The number of anilines is 1. The van der Waals surface area contributed by atoms with Crippen molar-refractivity contribution in [1.82, 2.24) is 4.90 Å². The number of hydrogen-bond donors (Lipinski definition) is 1. The van der Waals surface area contributed by atoms with Gasteiger partial charge in [-0.15, -0.1) is 0 Å². The molecule has 1 aliphatic heterocycles. The van der Waals surface area contributed by atoms with Gasteiger partial charge in [-0.25, -0.2) is 0 Å². The largest absolute Gasteiger partial charge is 0.385 e. The molecule has 0 spiro atoms. The first kappa shape index (κ1) is 13.4. The third-order valence-corrected chi connectivity index (χ3v) is 3.90. The van der Waals surface area contributed by atoms with Crippen molar-refractivity contribution in [2.75, 3.05) is 31.5 Å². The number of hydrogen-bond acceptors (Lipinski definition) is 3. The highest BCUT2D eigenvalue weighted by Crippen LogP contribution is 2.21. The van der Waals surface area contributed by atoms with Gasteiger partial charge in [0.05, 0.1) is 11.6 Å². The quantitative estimate of drug-likeness (QED) is 0.929. The minimum Gasteiger partial charge on any atom is -0.385 e. The van der Waals surface area contributed by atoms with Gasteiger partial charge in [-0.1, -0.05) is 22.9 Å². The van der Waals surface area contributed by atoms with E-state index in [1.165, 1.54) is 19.5 Å². The molecule has 4 heteroatoms. The number of rotatable bonds is 4. The number of halogens is 1. The Bertz CT molecular complexity index is 453. The molecule has 2 rings (SSSR count). The third-order valence-electron chi connectivity index (χ3n) is 3.44. The van der Waals surface area contributed by atoms with Crippen molar-refractivity contribution in [3.05, 3.63) is 28.2 Å². The first-order chi connectivity index (χ1) is 8.71. The molecule has 0 saturated carbocycles. The number of nitriles is 1. The lowest BCUT2D eigenvalue weighted by Crippen LogP contribution is -2.22. The third kappa shape index (κ3) is 3.47. The minimum absolute atomic E-state index is 0.688. The summed E-state index contributed by atoms with van der Waals surface area (Å²) in [4.78, 5) is 2.48. The molecule has 1 heterocycles. The van der Waals surface area contributed by atoms with E-state index in [4.69, 9.17) is 5.26 Å². The van der Waals surface area contributed by atoms with Gasteiger partial charge in [-0.05, 0) is 43.6 Å². The molecule has 18 heavy (non-hydrogen) atoms. The fraction of sp³-hybridized carbons (Fsp3) is 0.500. The number of nitrogens with zero attached hydrogens (tertiary/aromatic N) is 2. The topological polar surface area (TPSA) is 39.1 Å². The molecule has 0 bridgehead atoms. The molecule has 0 amide bonds. The van der Waals surface area contributed by atoms with Crippen LogP contribution in [0.4, 0.5) is 5.69 Å². The number of likely N-dealkylation sites (tertiary alicyclic amines) is 1. The second-order valence-electron chi connectivity index (χ2n) is 4.77. The Morgan fingerprint density at radius 1 is 1.50 bits per heavy atom. The van der Waals surface area contributed by atoms with Gasteiger partial charge in [0.15, 0.2) is 0 Å². The molecule has 96 valence electrons. The van der Waals surface area contributed by atoms with Crippen LogP contribution in [0.15, 0.2) is 22.7 Å². The van der Waals surface area contributed by atoms with Crippen molar-refractivity contribution in [3.63, 3.8) is 0 Å². The molecule has 1 atom stereocenters. The van der Waals surface area contributed by atoms with Gasteiger partial charge in [-0.3, -0.25) is 0 Å². The lowest BCUT2D eigenvalue weighted by atomic mass is 10.1. The summed E-state index contributed by atoms with van der Waals surface area (Å²) in [5.74, 6) is 0.717. The Balaban J connectivity index is 1.91. The Hall–Kier alpha value is -1.05. The molecular formula is C14H18BrN3. The molecule has 1 aliphatic rings. The Labute approximate surface area is 117 Å². The van der Waals surface area contributed by atoms with E-state index >= 15 is 0 Å². The maximum Gasteiger partial charge on any atom is 0.0992 e. The zero-order valence-corrected chi connectivity index (χ0v) is 12.2. The average molecular weight is 308 g/mol. The molecule has 3 nitrogen and oxygen atoms in total. The standard InChI is InChI=1S/C14H18BrN3/c1-2-18-4-3-11(10-18)9-17-14-6-12(8-16)5-13(15)7-14/h5-7,11,17H,2-4,9-10H2,1H3. The predicted octanol–water partition coefficient (Wildman–Crippen LogP) is 3.07. The van der Waals surface area contributed by atoms with Crippen LogP contribution in [-0.2, 0) is 0 Å². The summed E-state index contributed by atoms with van der Waals surface area (Å²) < 4.78 is 0.950. The van der Waals surface area contributed by atoms with Crippen molar-refractivity contribution < 1.29 is 0 Å². The van der Waals surface area contributed by atoms with Gasteiger partial charge >= 0.3 is 0 Å². The van der Waals surface area contributed by atoms with Crippen LogP contribution in [0.2, 0.25) is 0 Å². The van der Waals surface area contributed by atoms with Crippen molar-refractivity contribution in [2.45, 2.75) is 13.3 Å². The molecule has 1 N–H and O–H groups in total. The van der Waals surface area contributed by atoms with E-state index < -0.39 is 0 Å². The lowest BCUT2D eigenvalue weighted by molar-refractivity contribution is 0.345. The van der Waals surface area contributed by atoms with Crippen molar-refractivity contribution in [2.24, 2.45) is 5.92 Å². The van der Waals surface area contributed by atoms with Gasteiger partial charge < -0.3 is 10.2 Å². The van der Waals surface area contributed by atoms with Gasteiger partial charge in [0.2, 0.25) is 0 Å². The monoisotopic (exact) mass is 307 g/mol. The highest BCUT2D eigenvalue weighted by molar-refractivity contribution is 9.10. The summed E-state index contributed by atoms with van der Waals surface area (Å²) in [5, 5.41) is 12.4. The Morgan fingerprint density at radius 3 is 3.00 bits per heavy atom. The molecule has 1 fully saturated rings. The van der Waals surface area contributed by atoms with E-state index in [0.29, 0.717) is 5.56 Å². The number of nitrogens with one attached hydrogen (secondary N) is 1. The minimum atomic E-state index is 0.688. The van der Waals surface area contributed by atoms with E-state index in [1.807, 2.05) is 18.2 Å². The second kappa shape index (κ2) is 6.21. The van der Waals surface area contributed by atoms with Crippen LogP contribution in [0, 0.1) is 17.2 Å². The molecule has 1 aromatic carbocycles. The van der Waals surface area contributed by atoms with E-state index in [9.17, 15) is 0 Å². The first-order valence-corrected chi connectivity index (χ1v) is 7.17. The van der Waals surface area contributed by atoms with Crippen LogP contribution >= 0.6 is 15.9 Å². The summed E-state index contributed by atoms with van der Waals surface area (Å²) in [6.45, 7) is 6.74. The highest BCUT2D eigenvalue weighted by Gasteiger charge is 2.20. The van der Waals surface area contributed by atoms with Gasteiger partial charge in [-0.2, -0.15) is 5.26 Å². The summed E-state index contributed by atoms with van der Waals surface area (Å²) in [6.07, 6.45) is 1.26. The lowest BCUT2D eigenvalue weighted by Gasteiger charge is -2.14. The molecule has 1 aromatic rings. The maximum atomic E-state index is 8.93. The van der Waals surface area contributed by atoms with Crippen LogP contribution < -0.4 is 5.32 Å². The molecule has 1 unspecified atom stereocenters. The van der Waals surface area contributed by atoms with Gasteiger partial charge in [0.25, 0.3) is 0 Å². The molecular weight excluding hydrogens is 290 g/mol. The maximum absolute atomic E-state index is 8.93. The zero-order chi connectivity index (χ0) is 13.0. The Kier molecular flexibility index (Phi) is 4.62. The summed E-state index contributed by atoms with van der Waals surface area (Å²) >= 11 is 3.43. The van der Waals surface area contributed by atoms with E-state index in [0.717, 1.165) is 29.2 Å². The van der Waals surface area contributed by atoms with Crippen molar-refractivity contribution in [3.8, 4) is 6.07 Å². The SMILES string of the molecule is CCN1CCC(CNc2cc(Br)cc(C#N)c2)C1. The van der Waals surface area contributed by atoms with Crippen LogP contribution in [-0.4, -0.2) is 31.1 Å². The smallest absolute Gasteiger partial charge is 0.0992 e. The highest BCUT2D eigenvalue weighted by atomic mass is 79.9. The van der Waals surface area contributed by atoms with Crippen LogP contribution in [0.25, 0.3) is 0 Å². The Morgan fingerprint density at radius 2 is 2.33 bits per heavy atom. The van der Waals surface area contributed by atoms with E-state index in [-0.39, 0.29) is 0 Å². The zero-order valence-electron chi connectivity index (χ0n) is 10.6.